The Morgan fingerprint density at radius 1 is 1.00 bits per heavy atom. The summed E-state index contributed by atoms with van der Waals surface area (Å²) in [6.07, 6.45) is 0. The highest BCUT2D eigenvalue weighted by Gasteiger charge is 2.18. The molecule has 0 amide bonds. The van der Waals surface area contributed by atoms with Crippen molar-refractivity contribution in [3.8, 4) is 5.69 Å². The fraction of sp³-hybridized carbons (Fsp3) is 0.429. The number of hydrogen-bond acceptors (Lipinski definition) is 2. The zero-order valence-corrected chi connectivity index (χ0v) is 11.9. The van der Waals surface area contributed by atoms with E-state index < -0.39 is 0 Å². The molecule has 0 saturated carbocycles. The molecule has 0 aliphatic heterocycles. The number of hydrogen-bond donors (Lipinski definition) is 0. The van der Waals surface area contributed by atoms with E-state index in [0.717, 1.165) is 11.5 Å². The fourth-order valence-electron chi connectivity index (χ4n) is 2.05. The lowest BCUT2D eigenvalue weighted by atomic mass is 10.0. The molecule has 1 heterocycles. The normalized spacial score (nSPS) is 11.5. The van der Waals surface area contributed by atoms with Gasteiger partial charge in [-0.1, -0.05) is 45.9 Å². The minimum absolute atomic E-state index is 0.283. The SMILES string of the molecule is CC(C)c1ccccc1-n1c(Cl)nnc1C(C)C. The summed E-state index contributed by atoms with van der Waals surface area (Å²) in [7, 11) is 0. The topological polar surface area (TPSA) is 30.7 Å². The highest BCUT2D eigenvalue weighted by molar-refractivity contribution is 6.28. The Morgan fingerprint density at radius 3 is 2.28 bits per heavy atom. The molecule has 2 rings (SSSR count). The number of para-hydroxylation sites is 1. The van der Waals surface area contributed by atoms with E-state index in [-0.39, 0.29) is 5.92 Å². The van der Waals surface area contributed by atoms with Crippen molar-refractivity contribution >= 4 is 11.6 Å². The van der Waals surface area contributed by atoms with Gasteiger partial charge in [-0.3, -0.25) is 4.57 Å². The number of benzene rings is 1. The Bertz CT molecular complexity index is 544. The molecular weight excluding hydrogens is 246 g/mol. The lowest BCUT2D eigenvalue weighted by Gasteiger charge is -2.16. The molecule has 0 radical (unpaired) electrons. The number of halogens is 1. The average Bonchev–Trinajstić information content (AvgIpc) is 2.71. The number of nitrogens with zero attached hydrogens (tertiary/aromatic N) is 3. The molecule has 2 aromatic rings. The molecule has 0 bridgehead atoms. The predicted molar refractivity (Wildman–Crippen MR) is 74.5 cm³/mol. The summed E-state index contributed by atoms with van der Waals surface area (Å²) in [6.45, 7) is 8.53. The van der Waals surface area contributed by atoms with Crippen molar-refractivity contribution in [1.29, 1.82) is 0 Å². The minimum Gasteiger partial charge on any atom is -0.269 e. The molecule has 18 heavy (non-hydrogen) atoms. The Labute approximate surface area is 113 Å². The zero-order chi connectivity index (χ0) is 13.3. The molecule has 0 fully saturated rings. The average molecular weight is 264 g/mol. The molecule has 0 aliphatic rings. The van der Waals surface area contributed by atoms with Crippen molar-refractivity contribution in [2.75, 3.05) is 0 Å². The van der Waals surface area contributed by atoms with Gasteiger partial charge in [-0.15, -0.1) is 10.2 Å². The van der Waals surface area contributed by atoms with Crippen LogP contribution in [0.4, 0.5) is 0 Å². The minimum atomic E-state index is 0.283. The molecular formula is C14H18ClN3. The third-order valence-electron chi connectivity index (χ3n) is 2.96. The Morgan fingerprint density at radius 2 is 1.67 bits per heavy atom. The van der Waals surface area contributed by atoms with E-state index >= 15 is 0 Å². The first-order valence-electron chi connectivity index (χ1n) is 6.22. The molecule has 0 N–H and O–H groups in total. The maximum absolute atomic E-state index is 6.19. The molecule has 0 spiro atoms. The molecule has 1 aromatic carbocycles. The number of aromatic nitrogens is 3. The van der Waals surface area contributed by atoms with Crippen LogP contribution in [-0.4, -0.2) is 14.8 Å². The van der Waals surface area contributed by atoms with Gasteiger partial charge in [-0.2, -0.15) is 0 Å². The van der Waals surface area contributed by atoms with Crippen molar-refractivity contribution in [3.63, 3.8) is 0 Å². The largest absolute Gasteiger partial charge is 0.269 e. The highest BCUT2D eigenvalue weighted by atomic mass is 35.5. The standard InChI is InChI=1S/C14H18ClN3/c1-9(2)11-7-5-6-8-12(11)18-13(10(3)4)16-17-14(18)15/h5-10H,1-4H3. The maximum atomic E-state index is 6.19. The van der Waals surface area contributed by atoms with Gasteiger partial charge < -0.3 is 0 Å². The van der Waals surface area contributed by atoms with Gasteiger partial charge in [0.05, 0.1) is 5.69 Å². The van der Waals surface area contributed by atoms with E-state index in [0.29, 0.717) is 11.2 Å². The van der Waals surface area contributed by atoms with Crippen LogP contribution in [0.25, 0.3) is 5.69 Å². The van der Waals surface area contributed by atoms with E-state index in [2.05, 4.69) is 50.0 Å². The van der Waals surface area contributed by atoms with Crippen molar-refractivity contribution in [2.45, 2.75) is 39.5 Å². The Balaban J connectivity index is 2.65. The molecule has 0 unspecified atom stereocenters. The third-order valence-corrected chi connectivity index (χ3v) is 3.21. The van der Waals surface area contributed by atoms with Gasteiger partial charge in [0.1, 0.15) is 5.82 Å². The van der Waals surface area contributed by atoms with E-state index in [1.54, 1.807) is 0 Å². The molecule has 0 saturated heterocycles. The van der Waals surface area contributed by atoms with Crippen LogP contribution in [0.5, 0.6) is 0 Å². The fourth-order valence-corrected chi connectivity index (χ4v) is 2.27. The molecule has 0 atom stereocenters. The van der Waals surface area contributed by atoms with Crippen molar-refractivity contribution in [2.24, 2.45) is 0 Å². The first kappa shape index (κ1) is 13.1. The second-order valence-corrected chi connectivity index (χ2v) is 5.37. The van der Waals surface area contributed by atoms with Gasteiger partial charge in [0, 0.05) is 5.92 Å². The lowest BCUT2D eigenvalue weighted by Crippen LogP contribution is -2.07. The summed E-state index contributed by atoms with van der Waals surface area (Å²) in [6, 6.07) is 8.25. The molecule has 0 aliphatic carbocycles. The van der Waals surface area contributed by atoms with Crippen LogP contribution in [0.1, 0.15) is 50.9 Å². The summed E-state index contributed by atoms with van der Waals surface area (Å²) in [5, 5.41) is 8.59. The van der Waals surface area contributed by atoms with Crippen LogP contribution in [0, 0.1) is 0 Å². The summed E-state index contributed by atoms with van der Waals surface area (Å²) >= 11 is 6.19. The maximum Gasteiger partial charge on any atom is 0.229 e. The Kier molecular flexibility index (Phi) is 3.71. The van der Waals surface area contributed by atoms with Gasteiger partial charge >= 0.3 is 0 Å². The van der Waals surface area contributed by atoms with Gasteiger partial charge in [0.15, 0.2) is 0 Å². The van der Waals surface area contributed by atoms with E-state index in [4.69, 9.17) is 11.6 Å². The van der Waals surface area contributed by atoms with Crippen molar-refractivity contribution < 1.29 is 0 Å². The van der Waals surface area contributed by atoms with Gasteiger partial charge in [-0.25, -0.2) is 0 Å². The van der Waals surface area contributed by atoms with Crippen LogP contribution in [0.15, 0.2) is 24.3 Å². The quantitative estimate of drug-likeness (QED) is 0.832. The smallest absolute Gasteiger partial charge is 0.229 e. The van der Waals surface area contributed by atoms with Gasteiger partial charge in [0.2, 0.25) is 5.28 Å². The molecule has 4 heteroatoms. The van der Waals surface area contributed by atoms with E-state index in [9.17, 15) is 0 Å². The van der Waals surface area contributed by atoms with Crippen LogP contribution < -0.4 is 0 Å². The summed E-state index contributed by atoms with van der Waals surface area (Å²) < 4.78 is 1.95. The predicted octanol–water partition coefficient (Wildman–Crippen LogP) is 4.17. The van der Waals surface area contributed by atoms with Crippen LogP contribution in [-0.2, 0) is 0 Å². The summed E-state index contributed by atoms with van der Waals surface area (Å²) in [4.78, 5) is 0. The second-order valence-electron chi connectivity index (χ2n) is 5.03. The van der Waals surface area contributed by atoms with Crippen molar-refractivity contribution in [1.82, 2.24) is 14.8 Å². The van der Waals surface area contributed by atoms with Crippen LogP contribution in [0.2, 0.25) is 5.28 Å². The van der Waals surface area contributed by atoms with E-state index in [1.807, 2.05) is 16.7 Å². The summed E-state index contributed by atoms with van der Waals surface area (Å²) in [5.74, 6) is 1.61. The van der Waals surface area contributed by atoms with Crippen LogP contribution in [0.3, 0.4) is 0 Å². The van der Waals surface area contributed by atoms with Gasteiger partial charge in [-0.05, 0) is 29.1 Å². The first-order chi connectivity index (χ1) is 8.52. The Hall–Kier alpha value is -1.35. The summed E-state index contributed by atoms with van der Waals surface area (Å²) in [5.41, 5.74) is 2.33. The van der Waals surface area contributed by atoms with Crippen LogP contribution >= 0.6 is 11.6 Å². The second kappa shape index (κ2) is 5.11. The number of rotatable bonds is 3. The highest BCUT2D eigenvalue weighted by Crippen LogP contribution is 2.28. The monoisotopic (exact) mass is 263 g/mol. The third kappa shape index (κ3) is 2.27. The zero-order valence-electron chi connectivity index (χ0n) is 11.2. The molecule has 96 valence electrons. The van der Waals surface area contributed by atoms with Crippen molar-refractivity contribution in [3.05, 3.63) is 40.9 Å². The molecule has 1 aromatic heterocycles. The van der Waals surface area contributed by atoms with Gasteiger partial charge in [0.25, 0.3) is 0 Å². The van der Waals surface area contributed by atoms with E-state index in [1.165, 1.54) is 5.56 Å². The molecule has 3 nitrogen and oxygen atoms in total. The lowest BCUT2D eigenvalue weighted by molar-refractivity contribution is 0.737. The first-order valence-corrected chi connectivity index (χ1v) is 6.60.